The molecule has 1 aliphatic heterocycles. The molecule has 1 fully saturated rings. The van der Waals surface area contributed by atoms with E-state index in [0.717, 1.165) is 19.1 Å². The number of ether oxygens (including phenoxy) is 1. The number of hydrogen-bond donors (Lipinski definition) is 1. The van der Waals surface area contributed by atoms with E-state index in [-0.39, 0.29) is 0 Å². The molecule has 1 heterocycles. The Bertz CT molecular complexity index is 156. The van der Waals surface area contributed by atoms with Crippen molar-refractivity contribution in [2.45, 2.75) is 25.8 Å². The Kier molecular flexibility index (Phi) is 4.13. The molecule has 2 nitrogen and oxygen atoms in total. The largest absolute Gasteiger partial charge is 0.381 e. The minimum absolute atomic E-state index is 0.532. The highest BCUT2D eigenvalue weighted by Crippen LogP contribution is 2.18. The SMILES string of the molecule is C#CCNC(C)C1CCOCC1. The lowest BCUT2D eigenvalue weighted by molar-refractivity contribution is 0.0565. The van der Waals surface area contributed by atoms with Crippen LogP contribution in [0.1, 0.15) is 19.8 Å². The van der Waals surface area contributed by atoms with E-state index in [1.54, 1.807) is 0 Å². The van der Waals surface area contributed by atoms with Gasteiger partial charge in [0.2, 0.25) is 0 Å². The van der Waals surface area contributed by atoms with Gasteiger partial charge in [-0.2, -0.15) is 0 Å². The zero-order chi connectivity index (χ0) is 8.81. The highest BCUT2D eigenvalue weighted by molar-refractivity contribution is 4.88. The summed E-state index contributed by atoms with van der Waals surface area (Å²) in [6.45, 7) is 4.70. The van der Waals surface area contributed by atoms with Gasteiger partial charge in [0.05, 0.1) is 6.54 Å². The normalized spacial score (nSPS) is 21.7. The standard InChI is InChI=1S/C10H17NO/c1-3-6-11-9(2)10-4-7-12-8-5-10/h1,9-11H,4-8H2,2H3. The smallest absolute Gasteiger partial charge is 0.0575 e. The third kappa shape index (κ3) is 2.84. The average Bonchev–Trinajstić information content (AvgIpc) is 2.15. The number of rotatable bonds is 3. The third-order valence-corrected chi connectivity index (χ3v) is 2.50. The summed E-state index contributed by atoms with van der Waals surface area (Å²) >= 11 is 0. The highest BCUT2D eigenvalue weighted by Gasteiger charge is 2.19. The van der Waals surface area contributed by atoms with Gasteiger partial charge in [0, 0.05) is 19.3 Å². The first-order chi connectivity index (χ1) is 5.84. The summed E-state index contributed by atoms with van der Waals surface area (Å²) in [5, 5.41) is 3.31. The van der Waals surface area contributed by atoms with E-state index in [4.69, 9.17) is 11.2 Å². The van der Waals surface area contributed by atoms with Gasteiger partial charge in [-0.05, 0) is 25.7 Å². The van der Waals surface area contributed by atoms with Crippen molar-refractivity contribution in [2.75, 3.05) is 19.8 Å². The number of hydrogen-bond acceptors (Lipinski definition) is 2. The van der Waals surface area contributed by atoms with Crippen molar-refractivity contribution in [1.29, 1.82) is 0 Å². The Morgan fingerprint density at radius 1 is 1.58 bits per heavy atom. The summed E-state index contributed by atoms with van der Waals surface area (Å²) in [4.78, 5) is 0. The first kappa shape index (κ1) is 9.57. The molecule has 0 amide bonds. The van der Waals surface area contributed by atoms with Gasteiger partial charge in [-0.25, -0.2) is 0 Å². The van der Waals surface area contributed by atoms with E-state index in [9.17, 15) is 0 Å². The Hall–Kier alpha value is -0.520. The molecule has 68 valence electrons. The Labute approximate surface area is 74.7 Å². The Balaban J connectivity index is 2.21. The molecule has 2 heteroatoms. The predicted octanol–water partition coefficient (Wildman–Crippen LogP) is 1.02. The van der Waals surface area contributed by atoms with Crippen LogP contribution in [0.15, 0.2) is 0 Å². The van der Waals surface area contributed by atoms with Gasteiger partial charge in [-0.15, -0.1) is 6.42 Å². The van der Waals surface area contributed by atoms with Gasteiger partial charge < -0.3 is 10.1 Å². The summed E-state index contributed by atoms with van der Waals surface area (Å²) < 4.78 is 5.29. The fourth-order valence-corrected chi connectivity index (χ4v) is 1.60. The van der Waals surface area contributed by atoms with E-state index < -0.39 is 0 Å². The van der Waals surface area contributed by atoms with Crippen LogP contribution in [0.25, 0.3) is 0 Å². The summed E-state index contributed by atoms with van der Waals surface area (Å²) in [7, 11) is 0. The van der Waals surface area contributed by atoms with Crippen molar-refractivity contribution in [3.63, 3.8) is 0 Å². The molecule has 0 aromatic carbocycles. The molecule has 1 aliphatic rings. The van der Waals surface area contributed by atoms with Gasteiger partial charge >= 0.3 is 0 Å². The molecule has 0 bridgehead atoms. The van der Waals surface area contributed by atoms with E-state index in [2.05, 4.69) is 18.2 Å². The number of terminal acetylenes is 1. The molecular weight excluding hydrogens is 150 g/mol. The Morgan fingerprint density at radius 2 is 2.25 bits per heavy atom. The van der Waals surface area contributed by atoms with Crippen LogP contribution in [0.3, 0.4) is 0 Å². The molecule has 0 radical (unpaired) electrons. The summed E-state index contributed by atoms with van der Waals surface area (Å²) in [6.07, 6.45) is 7.50. The first-order valence-corrected chi connectivity index (χ1v) is 4.59. The molecule has 1 unspecified atom stereocenters. The van der Waals surface area contributed by atoms with Crippen LogP contribution in [0.4, 0.5) is 0 Å². The summed E-state index contributed by atoms with van der Waals surface area (Å²) in [6, 6.07) is 0.532. The second-order valence-corrected chi connectivity index (χ2v) is 3.32. The van der Waals surface area contributed by atoms with Crippen molar-refractivity contribution in [2.24, 2.45) is 5.92 Å². The lowest BCUT2D eigenvalue weighted by Crippen LogP contribution is -2.36. The van der Waals surface area contributed by atoms with Gasteiger partial charge in [0.1, 0.15) is 0 Å². The van der Waals surface area contributed by atoms with Crippen LogP contribution in [-0.2, 0) is 4.74 Å². The van der Waals surface area contributed by atoms with Crippen molar-refractivity contribution < 1.29 is 4.74 Å². The molecule has 0 spiro atoms. The molecule has 1 rings (SSSR count). The molecule has 0 aromatic rings. The van der Waals surface area contributed by atoms with Gasteiger partial charge in [-0.1, -0.05) is 5.92 Å². The summed E-state index contributed by atoms with van der Waals surface area (Å²) in [5.74, 6) is 3.34. The third-order valence-electron chi connectivity index (χ3n) is 2.50. The van der Waals surface area contributed by atoms with Crippen LogP contribution >= 0.6 is 0 Å². The maximum absolute atomic E-state index is 5.29. The quantitative estimate of drug-likeness (QED) is 0.634. The van der Waals surface area contributed by atoms with Crippen molar-refractivity contribution in [3.8, 4) is 12.3 Å². The second-order valence-electron chi connectivity index (χ2n) is 3.32. The lowest BCUT2D eigenvalue weighted by Gasteiger charge is -2.27. The minimum Gasteiger partial charge on any atom is -0.381 e. The topological polar surface area (TPSA) is 21.3 Å². The van der Waals surface area contributed by atoms with E-state index in [1.165, 1.54) is 12.8 Å². The van der Waals surface area contributed by atoms with Crippen LogP contribution < -0.4 is 5.32 Å². The van der Waals surface area contributed by atoms with Crippen molar-refractivity contribution in [1.82, 2.24) is 5.32 Å². The minimum atomic E-state index is 0.532. The van der Waals surface area contributed by atoms with Gasteiger partial charge in [0.25, 0.3) is 0 Å². The van der Waals surface area contributed by atoms with Crippen molar-refractivity contribution in [3.05, 3.63) is 0 Å². The van der Waals surface area contributed by atoms with Crippen LogP contribution in [-0.4, -0.2) is 25.8 Å². The molecule has 1 atom stereocenters. The average molecular weight is 167 g/mol. The summed E-state index contributed by atoms with van der Waals surface area (Å²) in [5.41, 5.74) is 0. The Morgan fingerprint density at radius 3 is 2.83 bits per heavy atom. The van der Waals surface area contributed by atoms with Gasteiger partial charge in [-0.3, -0.25) is 0 Å². The molecule has 0 aromatic heterocycles. The van der Waals surface area contributed by atoms with Gasteiger partial charge in [0.15, 0.2) is 0 Å². The first-order valence-electron chi connectivity index (χ1n) is 4.59. The molecule has 0 saturated carbocycles. The lowest BCUT2D eigenvalue weighted by atomic mass is 9.93. The predicted molar refractivity (Wildman–Crippen MR) is 49.8 cm³/mol. The van der Waals surface area contributed by atoms with Crippen molar-refractivity contribution >= 4 is 0 Å². The fraction of sp³-hybridized carbons (Fsp3) is 0.800. The molecule has 1 saturated heterocycles. The highest BCUT2D eigenvalue weighted by atomic mass is 16.5. The van der Waals surface area contributed by atoms with E-state index >= 15 is 0 Å². The van der Waals surface area contributed by atoms with Crippen LogP contribution in [0.2, 0.25) is 0 Å². The zero-order valence-electron chi connectivity index (χ0n) is 7.68. The van der Waals surface area contributed by atoms with E-state index in [1.807, 2.05) is 0 Å². The maximum atomic E-state index is 5.29. The van der Waals surface area contributed by atoms with E-state index in [0.29, 0.717) is 12.6 Å². The number of nitrogens with one attached hydrogen (secondary N) is 1. The maximum Gasteiger partial charge on any atom is 0.0575 e. The zero-order valence-corrected chi connectivity index (χ0v) is 7.68. The second kappa shape index (κ2) is 5.18. The molecule has 1 N–H and O–H groups in total. The van der Waals surface area contributed by atoms with Crippen LogP contribution in [0, 0.1) is 18.3 Å². The van der Waals surface area contributed by atoms with Crippen LogP contribution in [0.5, 0.6) is 0 Å². The molecular formula is C10H17NO. The fourth-order valence-electron chi connectivity index (χ4n) is 1.60. The molecule has 0 aliphatic carbocycles. The molecule has 12 heavy (non-hydrogen) atoms. The monoisotopic (exact) mass is 167 g/mol.